The van der Waals surface area contributed by atoms with Crippen LogP contribution in [0.5, 0.6) is 0 Å². The van der Waals surface area contributed by atoms with Crippen molar-refractivity contribution in [1.82, 2.24) is 14.5 Å². The summed E-state index contributed by atoms with van der Waals surface area (Å²) in [7, 11) is 0. The lowest BCUT2D eigenvalue weighted by Crippen LogP contribution is -2.08. The lowest BCUT2D eigenvalue weighted by Gasteiger charge is -2.16. The molecule has 1 aliphatic carbocycles. The molecule has 0 amide bonds. The predicted molar refractivity (Wildman–Crippen MR) is 72.0 cm³/mol. The minimum atomic E-state index is 0.604. The van der Waals surface area contributed by atoms with Gasteiger partial charge in [-0.05, 0) is 31.4 Å². The molecule has 0 aliphatic heterocycles. The summed E-state index contributed by atoms with van der Waals surface area (Å²) in [4.78, 5) is 8.57. The van der Waals surface area contributed by atoms with Crippen molar-refractivity contribution < 1.29 is 0 Å². The van der Waals surface area contributed by atoms with E-state index >= 15 is 0 Å². The molecular formula is C14H18N4. The van der Waals surface area contributed by atoms with Crippen molar-refractivity contribution in [2.75, 3.05) is 5.32 Å². The number of rotatable bonds is 3. The number of hydrogen-bond acceptors (Lipinski definition) is 3. The van der Waals surface area contributed by atoms with Gasteiger partial charge in [-0.15, -0.1) is 0 Å². The number of imidazole rings is 1. The van der Waals surface area contributed by atoms with Crippen LogP contribution >= 0.6 is 0 Å². The fraction of sp³-hybridized carbons (Fsp3) is 0.429. The fourth-order valence-corrected chi connectivity index (χ4v) is 2.60. The van der Waals surface area contributed by atoms with Gasteiger partial charge in [0.1, 0.15) is 0 Å². The maximum atomic E-state index is 4.42. The van der Waals surface area contributed by atoms with Crippen molar-refractivity contribution in [2.24, 2.45) is 0 Å². The minimum absolute atomic E-state index is 0.604. The third-order valence-electron chi connectivity index (χ3n) is 3.67. The van der Waals surface area contributed by atoms with E-state index in [2.05, 4.69) is 33.0 Å². The van der Waals surface area contributed by atoms with Crippen LogP contribution in [0.2, 0.25) is 0 Å². The normalized spacial score (nSPS) is 16.1. The molecular weight excluding hydrogens is 224 g/mol. The Hall–Kier alpha value is -1.84. The van der Waals surface area contributed by atoms with Crippen molar-refractivity contribution in [3.8, 4) is 0 Å². The number of hydrogen-bond donors (Lipinski definition) is 1. The minimum Gasteiger partial charge on any atom is -0.324 e. The second-order valence-electron chi connectivity index (χ2n) is 4.91. The van der Waals surface area contributed by atoms with Gasteiger partial charge in [0.25, 0.3) is 0 Å². The summed E-state index contributed by atoms with van der Waals surface area (Å²) in [5.74, 6) is 0.929. The van der Waals surface area contributed by atoms with Gasteiger partial charge in [-0.25, -0.2) is 4.98 Å². The van der Waals surface area contributed by atoms with E-state index in [1.807, 2.05) is 24.7 Å². The third kappa shape index (κ3) is 2.10. The number of nitrogens with zero attached hydrogens (tertiary/aromatic N) is 3. The molecule has 3 rings (SSSR count). The Morgan fingerprint density at radius 2 is 2.11 bits per heavy atom. The van der Waals surface area contributed by atoms with Crippen LogP contribution in [-0.2, 0) is 0 Å². The van der Waals surface area contributed by atoms with E-state index in [4.69, 9.17) is 0 Å². The SMILES string of the molecule is Cc1ccncc1Nc1nccn1C1CCCC1. The van der Waals surface area contributed by atoms with Crippen LogP contribution in [0.4, 0.5) is 11.6 Å². The van der Waals surface area contributed by atoms with E-state index in [-0.39, 0.29) is 0 Å². The molecule has 0 unspecified atom stereocenters. The number of pyridine rings is 1. The lowest BCUT2D eigenvalue weighted by molar-refractivity contribution is 0.525. The Kier molecular flexibility index (Phi) is 3.00. The first-order valence-electron chi connectivity index (χ1n) is 6.55. The van der Waals surface area contributed by atoms with Crippen molar-refractivity contribution in [3.05, 3.63) is 36.4 Å². The quantitative estimate of drug-likeness (QED) is 0.896. The maximum absolute atomic E-state index is 4.42. The second-order valence-corrected chi connectivity index (χ2v) is 4.91. The predicted octanol–water partition coefficient (Wildman–Crippen LogP) is 3.45. The molecule has 1 aliphatic rings. The van der Waals surface area contributed by atoms with Crippen LogP contribution in [0, 0.1) is 6.92 Å². The molecule has 4 nitrogen and oxygen atoms in total. The van der Waals surface area contributed by atoms with Gasteiger partial charge in [-0.1, -0.05) is 12.8 Å². The summed E-state index contributed by atoms with van der Waals surface area (Å²) in [5, 5.41) is 3.39. The summed E-state index contributed by atoms with van der Waals surface area (Å²) in [6.07, 6.45) is 12.8. The van der Waals surface area contributed by atoms with Crippen molar-refractivity contribution in [2.45, 2.75) is 38.6 Å². The van der Waals surface area contributed by atoms with E-state index in [9.17, 15) is 0 Å². The van der Waals surface area contributed by atoms with Crippen LogP contribution in [-0.4, -0.2) is 14.5 Å². The average molecular weight is 242 g/mol. The van der Waals surface area contributed by atoms with Gasteiger partial charge < -0.3 is 9.88 Å². The first-order valence-corrected chi connectivity index (χ1v) is 6.55. The highest BCUT2D eigenvalue weighted by atomic mass is 15.2. The zero-order valence-electron chi connectivity index (χ0n) is 10.6. The van der Waals surface area contributed by atoms with E-state index in [0.717, 1.165) is 11.6 Å². The summed E-state index contributed by atoms with van der Waals surface area (Å²) < 4.78 is 2.26. The molecule has 0 spiro atoms. The number of aromatic nitrogens is 3. The molecule has 1 fully saturated rings. The van der Waals surface area contributed by atoms with Gasteiger partial charge in [0.15, 0.2) is 0 Å². The maximum Gasteiger partial charge on any atom is 0.207 e. The molecule has 4 heteroatoms. The van der Waals surface area contributed by atoms with Crippen molar-refractivity contribution in [3.63, 3.8) is 0 Å². The van der Waals surface area contributed by atoms with Crippen molar-refractivity contribution in [1.29, 1.82) is 0 Å². The fourth-order valence-electron chi connectivity index (χ4n) is 2.60. The highest BCUT2D eigenvalue weighted by Gasteiger charge is 2.19. The standard InChI is InChI=1S/C14H18N4/c1-11-6-7-15-10-13(11)17-14-16-8-9-18(14)12-4-2-3-5-12/h6-10,12H,2-5H2,1H3,(H,16,17). The summed E-state index contributed by atoms with van der Waals surface area (Å²) in [6, 6.07) is 2.61. The Morgan fingerprint density at radius 3 is 2.89 bits per heavy atom. The molecule has 18 heavy (non-hydrogen) atoms. The summed E-state index contributed by atoms with van der Waals surface area (Å²) in [6.45, 7) is 2.08. The topological polar surface area (TPSA) is 42.7 Å². The van der Waals surface area contributed by atoms with Gasteiger partial charge in [0.2, 0.25) is 5.95 Å². The third-order valence-corrected chi connectivity index (χ3v) is 3.67. The molecule has 0 saturated heterocycles. The zero-order valence-corrected chi connectivity index (χ0v) is 10.6. The Bertz CT molecular complexity index is 526. The van der Waals surface area contributed by atoms with Gasteiger partial charge in [0.05, 0.1) is 11.9 Å². The smallest absolute Gasteiger partial charge is 0.207 e. The van der Waals surface area contributed by atoms with E-state index in [1.54, 1.807) is 0 Å². The van der Waals surface area contributed by atoms with Crippen LogP contribution in [0.25, 0.3) is 0 Å². The molecule has 0 bridgehead atoms. The first-order chi connectivity index (χ1) is 8.84. The van der Waals surface area contributed by atoms with E-state index < -0.39 is 0 Å². The Morgan fingerprint density at radius 1 is 1.28 bits per heavy atom. The molecule has 1 N–H and O–H groups in total. The van der Waals surface area contributed by atoms with Crippen molar-refractivity contribution >= 4 is 11.6 Å². The molecule has 0 aromatic carbocycles. The highest BCUT2D eigenvalue weighted by molar-refractivity contribution is 5.56. The van der Waals surface area contributed by atoms with Crippen LogP contribution in [0.15, 0.2) is 30.9 Å². The molecule has 2 aromatic heterocycles. The summed E-state index contributed by atoms with van der Waals surface area (Å²) >= 11 is 0. The number of nitrogens with one attached hydrogen (secondary N) is 1. The van der Waals surface area contributed by atoms with Crippen LogP contribution < -0.4 is 5.32 Å². The van der Waals surface area contributed by atoms with Gasteiger partial charge in [-0.2, -0.15) is 0 Å². The first kappa shape index (κ1) is 11.3. The summed E-state index contributed by atoms with van der Waals surface area (Å²) in [5.41, 5.74) is 2.22. The van der Waals surface area contributed by atoms with E-state index in [1.165, 1.54) is 31.2 Å². The average Bonchev–Trinajstić information content (AvgIpc) is 3.02. The van der Waals surface area contributed by atoms with Gasteiger partial charge in [-0.3, -0.25) is 4.98 Å². The zero-order chi connectivity index (χ0) is 12.4. The lowest BCUT2D eigenvalue weighted by atomic mass is 10.2. The Labute approximate surface area is 107 Å². The molecule has 2 aromatic rings. The van der Waals surface area contributed by atoms with Gasteiger partial charge in [0, 0.05) is 24.6 Å². The number of anilines is 2. The number of aryl methyl sites for hydroxylation is 1. The molecule has 0 radical (unpaired) electrons. The monoisotopic (exact) mass is 242 g/mol. The molecule has 1 saturated carbocycles. The highest BCUT2D eigenvalue weighted by Crippen LogP contribution is 2.32. The van der Waals surface area contributed by atoms with Crippen LogP contribution in [0.3, 0.4) is 0 Å². The second kappa shape index (κ2) is 4.80. The van der Waals surface area contributed by atoms with E-state index in [0.29, 0.717) is 6.04 Å². The Balaban J connectivity index is 1.85. The van der Waals surface area contributed by atoms with Gasteiger partial charge >= 0.3 is 0 Å². The molecule has 2 heterocycles. The molecule has 94 valence electrons. The molecule has 0 atom stereocenters. The van der Waals surface area contributed by atoms with Crippen LogP contribution in [0.1, 0.15) is 37.3 Å². The largest absolute Gasteiger partial charge is 0.324 e.